The van der Waals surface area contributed by atoms with E-state index in [2.05, 4.69) is 16.5 Å². The van der Waals surface area contributed by atoms with Gasteiger partial charge in [0.1, 0.15) is 0 Å². The van der Waals surface area contributed by atoms with E-state index in [-0.39, 0.29) is 0 Å². The number of aryl methyl sites for hydroxylation is 1. The Morgan fingerprint density at radius 1 is 1.47 bits per heavy atom. The van der Waals surface area contributed by atoms with Crippen LogP contribution in [0.1, 0.15) is 29.9 Å². The van der Waals surface area contributed by atoms with Crippen molar-refractivity contribution in [3.8, 4) is 0 Å². The molecule has 0 amide bonds. The molecular formula is C11H15N3O. The van der Waals surface area contributed by atoms with Gasteiger partial charge in [0.15, 0.2) is 5.82 Å². The average Bonchev–Trinajstić information content (AvgIpc) is 2.32. The van der Waals surface area contributed by atoms with Gasteiger partial charge in [0, 0.05) is 13.3 Å². The van der Waals surface area contributed by atoms with Gasteiger partial charge in [0.05, 0.1) is 11.4 Å². The van der Waals surface area contributed by atoms with E-state index in [0.717, 1.165) is 37.6 Å². The quantitative estimate of drug-likeness (QED) is 0.728. The number of fused-ring (bicyclic) bond motifs is 1. The third-order valence-corrected chi connectivity index (χ3v) is 2.22. The minimum atomic E-state index is 0.616. The molecule has 2 N–H and O–H groups in total. The summed E-state index contributed by atoms with van der Waals surface area (Å²) in [5.74, 6) is 0.616. The first kappa shape index (κ1) is 11.5. The van der Waals surface area contributed by atoms with Gasteiger partial charge in [0.2, 0.25) is 0 Å². The molecule has 0 spiro atoms. The maximum Gasteiger partial charge on any atom is 0.151 e. The molecule has 0 bridgehead atoms. The normalized spacial score (nSPS) is 13.6. The molecule has 1 heterocycles. The van der Waals surface area contributed by atoms with Crippen molar-refractivity contribution in [2.45, 2.75) is 19.3 Å². The lowest BCUT2D eigenvalue weighted by atomic mass is 9.96. The molecule has 0 fully saturated rings. The lowest BCUT2D eigenvalue weighted by Gasteiger charge is -2.14. The SMILES string of the molecule is C=Cc1ncc2c(n1)C(=N)CCC2.CO. The van der Waals surface area contributed by atoms with Gasteiger partial charge in [0.25, 0.3) is 0 Å². The summed E-state index contributed by atoms with van der Waals surface area (Å²) in [5.41, 5.74) is 2.55. The molecule has 0 saturated heterocycles. The van der Waals surface area contributed by atoms with Crippen molar-refractivity contribution in [3.05, 3.63) is 29.9 Å². The molecule has 1 aliphatic rings. The van der Waals surface area contributed by atoms with Gasteiger partial charge in [-0.05, 0) is 30.9 Å². The van der Waals surface area contributed by atoms with E-state index in [9.17, 15) is 0 Å². The van der Waals surface area contributed by atoms with Crippen LogP contribution in [0.4, 0.5) is 0 Å². The molecule has 1 aliphatic carbocycles. The van der Waals surface area contributed by atoms with E-state index in [4.69, 9.17) is 10.5 Å². The van der Waals surface area contributed by atoms with Crippen LogP contribution in [0.2, 0.25) is 0 Å². The molecule has 0 aliphatic heterocycles. The zero-order valence-corrected chi connectivity index (χ0v) is 8.82. The molecule has 0 radical (unpaired) electrons. The number of hydrogen-bond donors (Lipinski definition) is 2. The minimum absolute atomic E-state index is 0.616. The smallest absolute Gasteiger partial charge is 0.151 e. The minimum Gasteiger partial charge on any atom is -0.400 e. The van der Waals surface area contributed by atoms with Crippen molar-refractivity contribution in [2.24, 2.45) is 0 Å². The molecular weight excluding hydrogens is 190 g/mol. The van der Waals surface area contributed by atoms with Gasteiger partial charge in [-0.25, -0.2) is 9.97 Å². The molecule has 15 heavy (non-hydrogen) atoms. The molecule has 1 aromatic rings. The molecule has 4 heteroatoms. The monoisotopic (exact) mass is 205 g/mol. The van der Waals surface area contributed by atoms with Gasteiger partial charge in [-0.15, -0.1) is 0 Å². The number of aliphatic hydroxyl groups is 1. The van der Waals surface area contributed by atoms with Crippen LogP contribution in [0.3, 0.4) is 0 Å². The molecule has 80 valence electrons. The van der Waals surface area contributed by atoms with Crippen LogP contribution in [-0.4, -0.2) is 27.9 Å². The number of aromatic nitrogens is 2. The number of rotatable bonds is 1. The lowest BCUT2D eigenvalue weighted by Crippen LogP contribution is -2.14. The summed E-state index contributed by atoms with van der Waals surface area (Å²) < 4.78 is 0. The summed E-state index contributed by atoms with van der Waals surface area (Å²) in [6.45, 7) is 3.61. The Morgan fingerprint density at radius 2 is 2.20 bits per heavy atom. The topological polar surface area (TPSA) is 69.9 Å². The van der Waals surface area contributed by atoms with Crippen molar-refractivity contribution >= 4 is 11.8 Å². The van der Waals surface area contributed by atoms with Crippen molar-refractivity contribution in [2.75, 3.05) is 7.11 Å². The summed E-state index contributed by atoms with van der Waals surface area (Å²) in [4.78, 5) is 8.38. The molecule has 0 unspecified atom stereocenters. The Hall–Kier alpha value is -1.55. The highest BCUT2D eigenvalue weighted by molar-refractivity contribution is 5.98. The number of hydrogen-bond acceptors (Lipinski definition) is 4. The summed E-state index contributed by atoms with van der Waals surface area (Å²) >= 11 is 0. The fourth-order valence-electron chi connectivity index (χ4n) is 1.54. The maximum atomic E-state index is 7.72. The second kappa shape index (κ2) is 5.36. The predicted octanol–water partition coefficient (Wildman–Crippen LogP) is 1.43. The second-order valence-electron chi connectivity index (χ2n) is 3.14. The van der Waals surface area contributed by atoms with E-state index in [1.54, 1.807) is 6.08 Å². The number of nitrogens with one attached hydrogen (secondary N) is 1. The zero-order chi connectivity index (χ0) is 11.3. The van der Waals surface area contributed by atoms with Gasteiger partial charge in [-0.3, -0.25) is 0 Å². The molecule has 4 nitrogen and oxygen atoms in total. The van der Waals surface area contributed by atoms with E-state index in [1.807, 2.05) is 6.20 Å². The first-order chi connectivity index (χ1) is 7.31. The molecule has 1 aromatic heterocycles. The first-order valence-corrected chi connectivity index (χ1v) is 4.82. The van der Waals surface area contributed by atoms with Crippen LogP contribution < -0.4 is 0 Å². The molecule has 0 aromatic carbocycles. The Bertz CT molecular complexity index is 374. The van der Waals surface area contributed by atoms with E-state index in [1.165, 1.54) is 0 Å². The van der Waals surface area contributed by atoms with Crippen molar-refractivity contribution < 1.29 is 5.11 Å². The Balaban J connectivity index is 0.000000531. The lowest BCUT2D eigenvalue weighted by molar-refractivity contribution is 0.399. The highest BCUT2D eigenvalue weighted by atomic mass is 16.2. The summed E-state index contributed by atoms with van der Waals surface area (Å²) in [6.07, 6.45) is 6.30. The van der Waals surface area contributed by atoms with Crippen LogP contribution in [0, 0.1) is 5.41 Å². The van der Waals surface area contributed by atoms with Gasteiger partial charge < -0.3 is 10.5 Å². The largest absolute Gasteiger partial charge is 0.400 e. The van der Waals surface area contributed by atoms with Gasteiger partial charge in [-0.2, -0.15) is 0 Å². The standard InChI is InChI=1S/C10H11N3.CH4O/c1-2-9-12-6-7-4-3-5-8(11)10(7)13-9;1-2/h2,6,11H,1,3-5H2;2H,1H3. The van der Waals surface area contributed by atoms with Crippen molar-refractivity contribution in [3.63, 3.8) is 0 Å². The first-order valence-electron chi connectivity index (χ1n) is 4.82. The summed E-state index contributed by atoms with van der Waals surface area (Å²) in [5, 5.41) is 14.7. The predicted molar refractivity (Wildman–Crippen MR) is 60.0 cm³/mol. The Morgan fingerprint density at radius 3 is 2.87 bits per heavy atom. The van der Waals surface area contributed by atoms with Crippen LogP contribution in [0.15, 0.2) is 12.8 Å². The summed E-state index contributed by atoms with van der Waals surface area (Å²) in [7, 11) is 1.00. The Kier molecular flexibility index (Phi) is 4.12. The maximum absolute atomic E-state index is 7.72. The van der Waals surface area contributed by atoms with E-state index >= 15 is 0 Å². The van der Waals surface area contributed by atoms with E-state index < -0.39 is 0 Å². The highest BCUT2D eigenvalue weighted by Crippen LogP contribution is 2.18. The van der Waals surface area contributed by atoms with Gasteiger partial charge >= 0.3 is 0 Å². The van der Waals surface area contributed by atoms with Crippen LogP contribution >= 0.6 is 0 Å². The number of aliphatic hydroxyl groups excluding tert-OH is 1. The van der Waals surface area contributed by atoms with Crippen molar-refractivity contribution in [1.82, 2.24) is 9.97 Å². The molecule has 0 atom stereocenters. The van der Waals surface area contributed by atoms with Crippen LogP contribution in [-0.2, 0) is 6.42 Å². The molecule has 0 saturated carbocycles. The summed E-state index contributed by atoms with van der Waals surface area (Å²) in [6, 6.07) is 0. The van der Waals surface area contributed by atoms with E-state index in [0.29, 0.717) is 11.5 Å². The fraction of sp³-hybridized carbons (Fsp3) is 0.364. The fourth-order valence-corrected chi connectivity index (χ4v) is 1.54. The third kappa shape index (κ3) is 2.47. The second-order valence-corrected chi connectivity index (χ2v) is 3.14. The average molecular weight is 205 g/mol. The third-order valence-electron chi connectivity index (χ3n) is 2.22. The van der Waals surface area contributed by atoms with Gasteiger partial charge in [-0.1, -0.05) is 6.58 Å². The van der Waals surface area contributed by atoms with Crippen LogP contribution in [0.5, 0.6) is 0 Å². The number of nitrogens with zero attached hydrogens (tertiary/aromatic N) is 2. The zero-order valence-electron chi connectivity index (χ0n) is 8.82. The van der Waals surface area contributed by atoms with Crippen LogP contribution in [0.25, 0.3) is 6.08 Å². The van der Waals surface area contributed by atoms with Crippen molar-refractivity contribution in [1.29, 1.82) is 5.41 Å². The highest BCUT2D eigenvalue weighted by Gasteiger charge is 2.15. The Labute approximate surface area is 89.2 Å². The molecule has 2 rings (SSSR count).